The maximum absolute atomic E-state index is 12.3. The van der Waals surface area contributed by atoms with Gasteiger partial charge in [0, 0.05) is 0 Å². The first-order chi connectivity index (χ1) is 22.3. The fourth-order valence-electron chi connectivity index (χ4n) is 5.92. The quantitative estimate of drug-likeness (QED) is 0.0298. The molecule has 1 N–H and O–H groups in total. The Labute approximate surface area is 333 Å². The number of ether oxygens (including phenoxy) is 2. The second kappa shape index (κ2) is 37.7. The predicted molar refractivity (Wildman–Crippen MR) is 199 cm³/mol. The van der Waals surface area contributed by atoms with Gasteiger partial charge in [-0.05, 0) is 12.8 Å². The van der Waals surface area contributed by atoms with Gasteiger partial charge in [-0.3, -0.25) is 14.1 Å². The summed E-state index contributed by atoms with van der Waals surface area (Å²) in [5.41, 5.74) is 0. The number of carbonyl (C=O) groups is 2. The monoisotopic (exact) mass is 714 g/mol. The van der Waals surface area contributed by atoms with E-state index >= 15 is 0 Å². The minimum atomic E-state index is -4.77. The summed E-state index contributed by atoms with van der Waals surface area (Å²) < 4.78 is 43.2. The molecule has 0 aliphatic rings. The van der Waals surface area contributed by atoms with Crippen LogP contribution in [-0.2, 0) is 29.2 Å². The first-order valence-electron chi connectivity index (χ1n) is 19.6. The van der Waals surface area contributed by atoms with Crippen LogP contribution in [0.2, 0.25) is 0 Å². The molecule has 0 aliphatic heterocycles. The van der Waals surface area contributed by atoms with Gasteiger partial charge in [-0.25, -0.2) is 0 Å². The molecule has 0 saturated carbocycles. The molecule has 0 radical (unpaired) electrons. The molecule has 0 amide bonds. The summed E-state index contributed by atoms with van der Waals surface area (Å²) in [6.45, 7) is 4.77. The van der Waals surface area contributed by atoms with E-state index in [1.54, 1.807) is 0 Å². The summed E-state index contributed by atoms with van der Waals surface area (Å²) in [4.78, 5) is 24.5. The molecule has 0 bridgehead atoms. The van der Waals surface area contributed by atoms with Crippen molar-refractivity contribution in [2.75, 3.05) is 13.2 Å². The van der Waals surface area contributed by atoms with Crippen LogP contribution in [0.3, 0.4) is 0 Å². The van der Waals surface area contributed by atoms with Gasteiger partial charge in [-0.1, -0.05) is 194 Å². The number of rotatable bonds is 36. The van der Waals surface area contributed by atoms with Crippen molar-refractivity contribution in [3.8, 4) is 0 Å². The van der Waals surface area contributed by atoms with E-state index in [0.29, 0.717) is 12.8 Å². The fourth-order valence-corrected chi connectivity index (χ4v) is 6.58. The van der Waals surface area contributed by atoms with E-state index in [0.717, 1.165) is 32.1 Å². The van der Waals surface area contributed by atoms with Crippen LogP contribution in [0.15, 0.2) is 0 Å². The van der Waals surface area contributed by atoms with Crippen LogP contribution in [0, 0.1) is 0 Å². The Morgan fingerprint density at radius 1 is 0.468 bits per heavy atom. The zero-order chi connectivity index (χ0) is 34.0. The average Bonchev–Trinajstić information content (AvgIpc) is 3.02. The number of unbranched alkanes of at least 4 members (excludes halogenated alkanes) is 28. The van der Waals surface area contributed by atoms with Gasteiger partial charge < -0.3 is 9.47 Å². The molecule has 1 atom stereocenters. The van der Waals surface area contributed by atoms with Gasteiger partial charge in [-0.2, -0.15) is 8.42 Å². The molecule has 7 nitrogen and oxygen atoms in total. The Morgan fingerprint density at radius 3 is 1.00 bits per heavy atom. The van der Waals surface area contributed by atoms with Crippen molar-refractivity contribution in [3.05, 3.63) is 0 Å². The van der Waals surface area contributed by atoms with E-state index in [1.165, 1.54) is 148 Å². The number of hydrogen-bond acceptors (Lipinski definition) is 6. The van der Waals surface area contributed by atoms with Gasteiger partial charge in [0.05, 0.1) is 19.6 Å². The van der Waals surface area contributed by atoms with Crippen LogP contribution < -0.4 is 0 Å². The topological polar surface area (TPSA) is 107 Å². The van der Waals surface area contributed by atoms with Crippen LogP contribution in [0.25, 0.3) is 0 Å². The third-order valence-corrected chi connectivity index (χ3v) is 10.1. The molecule has 0 fully saturated rings. The zero-order valence-electron chi connectivity index (χ0n) is 30.2. The molecule has 0 aromatic carbocycles. The van der Waals surface area contributed by atoms with Gasteiger partial charge in [0.25, 0.3) is 10.1 Å². The molecule has 0 aromatic rings. The van der Waals surface area contributed by atoms with E-state index in [9.17, 15) is 22.6 Å². The molecule has 9 heteroatoms. The average molecular weight is 715 g/mol. The van der Waals surface area contributed by atoms with Crippen molar-refractivity contribution in [1.29, 1.82) is 0 Å². The maximum atomic E-state index is 12.3. The molecule has 0 aliphatic carbocycles. The summed E-state index contributed by atoms with van der Waals surface area (Å²) in [7, 11) is -4.77. The summed E-state index contributed by atoms with van der Waals surface area (Å²) >= 11 is 0. The predicted octanol–water partition coefficient (Wildman–Crippen LogP) is 10.8. The Hall–Kier alpha value is 0.486. The molecule has 0 heterocycles. The van der Waals surface area contributed by atoms with Gasteiger partial charge in [0.15, 0.2) is 5.25 Å². The van der Waals surface area contributed by atoms with Gasteiger partial charge in [-0.15, -0.1) is 0 Å². The zero-order valence-corrected chi connectivity index (χ0v) is 31.0. The normalized spacial score (nSPS) is 12.1. The van der Waals surface area contributed by atoms with E-state index in [2.05, 4.69) is 13.8 Å². The molecular formula is C38H75KO7S. The van der Waals surface area contributed by atoms with Crippen molar-refractivity contribution in [2.45, 2.75) is 218 Å². The summed E-state index contributed by atoms with van der Waals surface area (Å²) in [6.07, 6.45) is 36.2. The molecule has 0 rings (SSSR count). The summed E-state index contributed by atoms with van der Waals surface area (Å²) in [6, 6.07) is 0. The van der Waals surface area contributed by atoms with E-state index < -0.39 is 33.7 Å². The van der Waals surface area contributed by atoms with Crippen LogP contribution >= 0.6 is 0 Å². The first-order valence-corrected chi connectivity index (χ1v) is 21.1. The molecular weight excluding hydrogens is 640 g/mol. The number of hydrogen-bond donors (Lipinski definition) is 1. The SMILES string of the molecule is CCCCCCCCCCCCCCCCCCOC(=O)CC(C(=O)OCCCCCCCCCCCCCCCC)S(=O)(=O)O.[KH]. The second-order valence-electron chi connectivity index (χ2n) is 13.5. The van der Waals surface area contributed by atoms with E-state index in [-0.39, 0.29) is 64.6 Å². The first kappa shape index (κ1) is 49.6. The van der Waals surface area contributed by atoms with Gasteiger partial charge in [0.2, 0.25) is 0 Å². The van der Waals surface area contributed by atoms with Gasteiger partial charge in [0.1, 0.15) is 0 Å². The van der Waals surface area contributed by atoms with Crippen LogP contribution in [0.4, 0.5) is 0 Å². The second-order valence-corrected chi connectivity index (χ2v) is 15.1. The molecule has 1 unspecified atom stereocenters. The van der Waals surface area contributed by atoms with Crippen LogP contribution in [0.5, 0.6) is 0 Å². The van der Waals surface area contributed by atoms with Crippen LogP contribution in [0.1, 0.15) is 213 Å². The van der Waals surface area contributed by atoms with E-state index in [4.69, 9.17) is 9.47 Å². The van der Waals surface area contributed by atoms with Crippen LogP contribution in [-0.4, -0.2) is 94.8 Å². The molecule has 0 aromatic heterocycles. The third kappa shape index (κ3) is 36.1. The van der Waals surface area contributed by atoms with Crippen molar-refractivity contribution in [2.24, 2.45) is 0 Å². The van der Waals surface area contributed by atoms with E-state index in [1.807, 2.05) is 0 Å². The number of esters is 2. The standard InChI is InChI=1S/C38H74O7S.K.H/c1-3-5-7-9-11-13-15-17-19-20-22-23-25-27-29-31-33-44-37(39)35-36(46(41,42)43)38(40)45-34-32-30-28-26-24-21-18-16-14-12-10-8-6-4-2;;/h36H,3-35H2,1-2H3,(H,41,42,43);;. The minimum absolute atomic E-state index is 0. The van der Waals surface area contributed by atoms with Crippen molar-refractivity contribution in [3.63, 3.8) is 0 Å². The number of carbonyl (C=O) groups excluding carboxylic acids is 2. The molecule has 0 saturated heterocycles. The Morgan fingerprint density at radius 2 is 0.723 bits per heavy atom. The fraction of sp³-hybridized carbons (Fsp3) is 0.947. The molecule has 47 heavy (non-hydrogen) atoms. The summed E-state index contributed by atoms with van der Waals surface area (Å²) in [5.74, 6) is -1.89. The van der Waals surface area contributed by atoms with Crippen molar-refractivity contribution in [1.82, 2.24) is 0 Å². The Balaban J connectivity index is 0. The van der Waals surface area contributed by atoms with Crippen molar-refractivity contribution >= 4 is 73.4 Å². The molecule has 0 spiro atoms. The van der Waals surface area contributed by atoms with Crippen molar-refractivity contribution < 1.29 is 32.0 Å². The Bertz CT molecular complexity index is 791. The van der Waals surface area contributed by atoms with Gasteiger partial charge >= 0.3 is 63.3 Å². The Kier molecular flexibility index (Phi) is 39.8. The molecule has 276 valence electrons. The summed E-state index contributed by atoms with van der Waals surface area (Å²) in [5, 5.41) is -1.93. The third-order valence-electron chi connectivity index (χ3n) is 8.98.